The Kier molecular flexibility index (Phi) is 6.08. The molecular formula is C23H30O4. The minimum atomic E-state index is -0.471. The van der Waals surface area contributed by atoms with Crippen LogP contribution in [-0.4, -0.2) is 36.6 Å². The van der Waals surface area contributed by atoms with Crippen molar-refractivity contribution in [3.8, 4) is 11.5 Å². The van der Waals surface area contributed by atoms with Gasteiger partial charge in [0, 0.05) is 11.8 Å². The predicted octanol–water partition coefficient (Wildman–Crippen LogP) is 4.33. The Morgan fingerprint density at radius 1 is 1.00 bits per heavy atom. The zero-order valence-electron chi connectivity index (χ0n) is 16.6. The number of epoxide rings is 1. The van der Waals surface area contributed by atoms with Gasteiger partial charge in [0.25, 0.3) is 0 Å². The Morgan fingerprint density at radius 3 is 2.00 bits per heavy atom. The van der Waals surface area contributed by atoms with Gasteiger partial charge < -0.3 is 19.3 Å². The van der Waals surface area contributed by atoms with Gasteiger partial charge >= 0.3 is 0 Å². The highest BCUT2D eigenvalue weighted by atomic mass is 16.6. The van der Waals surface area contributed by atoms with Gasteiger partial charge in [0.2, 0.25) is 0 Å². The van der Waals surface area contributed by atoms with Crippen molar-refractivity contribution in [3.05, 3.63) is 59.7 Å². The quantitative estimate of drug-likeness (QED) is 0.668. The lowest BCUT2D eigenvalue weighted by molar-refractivity contribution is 0.122. The van der Waals surface area contributed by atoms with Crippen LogP contribution in [0, 0.1) is 0 Å². The minimum absolute atomic E-state index is 0.130. The lowest BCUT2D eigenvalue weighted by Gasteiger charge is -2.27. The fourth-order valence-corrected chi connectivity index (χ4v) is 3.16. The first-order valence-electron chi connectivity index (χ1n) is 9.65. The third-order valence-corrected chi connectivity index (χ3v) is 4.98. The Bertz CT molecular complexity index is 715. The average Bonchev–Trinajstić information content (AvgIpc) is 3.44. The maximum atomic E-state index is 9.33. The molecule has 1 saturated heterocycles. The second kappa shape index (κ2) is 8.32. The lowest BCUT2D eigenvalue weighted by Crippen LogP contribution is -2.19. The third kappa shape index (κ3) is 5.47. The summed E-state index contributed by atoms with van der Waals surface area (Å²) in [5.74, 6) is 1.66. The van der Waals surface area contributed by atoms with E-state index in [9.17, 15) is 5.11 Å². The van der Waals surface area contributed by atoms with Crippen molar-refractivity contribution in [2.45, 2.75) is 57.8 Å². The van der Waals surface area contributed by atoms with E-state index in [-0.39, 0.29) is 11.5 Å². The molecule has 2 aromatic rings. The number of ether oxygens (including phenoxy) is 3. The standard InChI is InChI=1S/C23H30O4/c1-16(24)14-25-20-9-5-18(6-10-20)23(3,4)19-7-11-21(12-8-19)27-17(2)13-22-15-26-22/h5-12,16-17,22,24H,13-15H2,1-4H3. The van der Waals surface area contributed by atoms with E-state index in [1.54, 1.807) is 6.92 Å². The SMILES string of the molecule is CC(O)COc1ccc(C(C)(C)c2ccc(OC(C)CC3CO3)cc2)cc1. The van der Waals surface area contributed by atoms with Crippen LogP contribution < -0.4 is 9.47 Å². The van der Waals surface area contributed by atoms with Crippen molar-refractivity contribution < 1.29 is 19.3 Å². The smallest absolute Gasteiger partial charge is 0.119 e. The fraction of sp³-hybridized carbons (Fsp3) is 0.478. The number of aliphatic hydroxyl groups is 1. The van der Waals surface area contributed by atoms with Gasteiger partial charge in [-0.3, -0.25) is 0 Å². The third-order valence-electron chi connectivity index (χ3n) is 4.98. The summed E-state index contributed by atoms with van der Waals surface area (Å²) in [4.78, 5) is 0. The zero-order valence-corrected chi connectivity index (χ0v) is 16.6. The van der Waals surface area contributed by atoms with Gasteiger partial charge in [0.1, 0.15) is 18.1 Å². The van der Waals surface area contributed by atoms with Crippen LogP contribution in [0.4, 0.5) is 0 Å². The normalized spacial score (nSPS) is 18.6. The van der Waals surface area contributed by atoms with Crippen LogP contribution in [0.25, 0.3) is 0 Å². The molecule has 3 unspecified atom stereocenters. The molecule has 0 radical (unpaired) electrons. The highest BCUT2D eigenvalue weighted by Crippen LogP contribution is 2.33. The highest BCUT2D eigenvalue weighted by Gasteiger charge is 2.26. The highest BCUT2D eigenvalue weighted by molar-refractivity contribution is 5.41. The molecule has 1 heterocycles. The van der Waals surface area contributed by atoms with Crippen molar-refractivity contribution in [3.63, 3.8) is 0 Å². The Labute approximate surface area is 162 Å². The molecule has 0 bridgehead atoms. The molecule has 0 aromatic heterocycles. The van der Waals surface area contributed by atoms with Crippen molar-refractivity contribution >= 4 is 0 Å². The molecule has 3 atom stereocenters. The monoisotopic (exact) mass is 370 g/mol. The molecule has 1 N–H and O–H groups in total. The fourth-order valence-electron chi connectivity index (χ4n) is 3.16. The molecule has 27 heavy (non-hydrogen) atoms. The van der Waals surface area contributed by atoms with Gasteiger partial charge in [0.05, 0.1) is 24.9 Å². The van der Waals surface area contributed by atoms with E-state index in [0.29, 0.717) is 12.7 Å². The number of benzene rings is 2. The summed E-state index contributed by atoms with van der Waals surface area (Å²) in [6, 6.07) is 16.4. The van der Waals surface area contributed by atoms with Crippen LogP contribution in [0.1, 0.15) is 45.2 Å². The molecule has 0 saturated carbocycles. The summed E-state index contributed by atoms with van der Waals surface area (Å²) in [7, 11) is 0. The minimum Gasteiger partial charge on any atom is -0.491 e. The molecule has 1 aliphatic rings. The van der Waals surface area contributed by atoms with Crippen LogP contribution in [0.2, 0.25) is 0 Å². The molecule has 1 fully saturated rings. The van der Waals surface area contributed by atoms with Crippen molar-refractivity contribution in [2.24, 2.45) is 0 Å². The van der Waals surface area contributed by atoms with Crippen LogP contribution in [0.15, 0.2) is 48.5 Å². The van der Waals surface area contributed by atoms with Crippen LogP contribution in [0.3, 0.4) is 0 Å². The lowest BCUT2D eigenvalue weighted by atomic mass is 9.78. The molecule has 0 amide bonds. The first kappa shape index (κ1) is 19.7. The maximum absolute atomic E-state index is 9.33. The van der Waals surface area contributed by atoms with Crippen LogP contribution >= 0.6 is 0 Å². The molecule has 3 rings (SSSR count). The van der Waals surface area contributed by atoms with Crippen molar-refractivity contribution in [2.75, 3.05) is 13.2 Å². The largest absolute Gasteiger partial charge is 0.491 e. The predicted molar refractivity (Wildman–Crippen MR) is 107 cm³/mol. The van der Waals surface area contributed by atoms with E-state index in [1.807, 2.05) is 24.3 Å². The van der Waals surface area contributed by atoms with Crippen molar-refractivity contribution in [1.82, 2.24) is 0 Å². The molecule has 0 aliphatic carbocycles. The summed E-state index contributed by atoms with van der Waals surface area (Å²) in [5.41, 5.74) is 2.31. The molecule has 1 aliphatic heterocycles. The summed E-state index contributed by atoms with van der Waals surface area (Å²) >= 11 is 0. The van der Waals surface area contributed by atoms with Gasteiger partial charge in [-0.1, -0.05) is 38.1 Å². The van der Waals surface area contributed by atoms with E-state index in [1.165, 1.54) is 11.1 Å². The number of hydrogen-bond acceptors (Lipinski definition) is 4. The average molecular weight is 370 g/mol. The van der Waals surface area contributed by atoms with Crippen LogP contribution in [-0.2, 0) is 10.2 Å². The second-order valence-corrected chi connectivity index (χ2v) is 7.95. The Hall–Kier alpha value is -2.04. The first-order valence-corrected chi connectivity index (χ1v) is 9.65. The number of hydrogen-bond donors (Lipinski definition) is 1. The topological polar surface area (TPSA) is 51.2 Å². The maximum Gasteiger partial charge on any atom is 0.119 e. The Morgan fingerprint density at radius 2 is 1.52 bits per heavy atom. The molecule has 146 valence electrons. The molecule has 4 heteroatoms. The van der Waals surface area contributed by atoms with E-state index in [0.717, 1.165) is 24.5 Å². The van der Waals surface area contributed by atoms with Gasteiger partial charge in [-0.2, -0.15) is 0 Å². The van der Waals surface area contributed by atoms with Crippen molar-refractivity contribution in [1.29, 1.82) is 0 Å². The summed E-state index contributed by atoms with van der Waals surface area (Å²) in [6.07, 6.45) is 1.01. The van der Waals surface area contributed by atoms with Crippen LogP contribution in [0.5, 0.6) is 11.5 Å². The van der Waals surface area contributed by atoms with E-state index in [4.69, 9.17) is 14.2 Å². The molecule has 4 nitrogen and oxygen atoms in total. The number of rotatable bonds is 9. The van der Waals surface area contributed by atoms with Gasteiger partial charge in [-0.25, -0.2) is 0 Å². The number of aliphatic hydroxyl groups excluding tert-OH is 1. The zero-order chi connectivity index (χ0) is 19.4. The van der Waals surface area contributed by atoms with E-state index >= 15 is 0 Å². The van der Waals surface area contributed by atoms with E-state index < -0.39 is 6.10 Å². The Balaban J connectivity index is 1.64. The summed E-state index contributed by atoms with van der Waals surface area (Å²) in [6.45, 7) is 9.38. The molecule has 0 spiro atoms. The summed E-state index contributed by atoms with van der Waals surface area (Å²) < 4.78 is 16.8. The van der Waals surface area contributed by atoms with E-state index in [2.05, 4.69) is 45.0 Å². The second-order valence-electron chi connectivity index (χ2n) is 7.95. The summed E-state index contributed by atoms with van der Waals surface area (Å²) in [5, 5.41) is 9.33. The van der Waals surface area contributed by atoms with Gasteiger partial charge in [-0.15, -0.1) is 0 Å². The molecule has 2 aromatic carbocycles. The first-order chi connectivity index (χ1) is 12.8. The molecular weight excluding hydrogens is 340 g/mol. The van der Waals surface area contributed by atoms with Gasteiger partial charge in [0.15, 0.2) is 0 Å². The van der Waals surface area contributed by atoms with Gasteiger partial charge in [-0.05, 0) is 49.2 Å².